The SMILES string of the molecule is O=C(O)c1cc(F)cc(O)c1Cl. The van der Waals surface area contributed by atoms with Crippen LogP contribution in [0.1, 0.15) is 10.4 Å². The predicted molar refractivity (Wildman–Crippen MR) is 40.0 cm³/mol. The van der Waals surface area contributed by atoms with E-state index in [0.29, 0.717) is 0 Å². The number of halogens is 2. The van der Waals surface area contributed by atoms with Crippen molar-refractivity contribution in [3.05, 3.63) is 28.5 Å². The number of carboxylic acids is 1. The number of carbonyl (C=O) groups is 1. The molecule has 0 aromatic heterocycles. The molecule has 0 saturated carbocycles. The fraction of sp³-hybridized carbons (Fsp3) is 0. The van der Waals surface area contributed by atoms with Crippen molar-refractivity contribution in [2.24, 2.45) is 0 Å². The van der Waals surface area contributed by atoms with E-state index in [1.807, 2.05) is 0 Å². The monoisotopic (exact) mass is 190 g/mol. The Hall–Kier alpha value is -1.29. The van der Waals surface area contributed by atoms with Crippen molar-refractivity contribution in [1.29, 1.82) is 0 Å². The summed E-state index contributed by atoms with van der Waals surface area (Å²) in [5.74, 6) is -2.79. The van der Waals surface area contributed by atoms with Crippen LogP contribution in [-0.2, 0) is 0 Å². The molecule has 0 saturated heterocycles. The molecule has 0 fully saturated rings. The lowest BCUT2D eigenvalue weighted by molar-refractivity contribution is 0.0696. The molecule has 1 aromatic rings. The summed E-state index contributed by atoms with van der Waals surface area (Å²) >= 11 is 5.36. The molecule has 2 N–H and O–H groups in total. The van der Waals surface area contributed by atoms with Gasteiger partial charge in [-0.1, -0.05) is 11.6 Å². The Balaban J connectivity index is 3.37. The maximum absolute atomic E-state index is 12.5. The first-order chi connectivity index (χ1) is 5.52. The van der Waals surface area contributed by atoms with Gasteiger partial charge < -0.3 is 10.2 Å². The van der Waals surface area contributed by atoms with Gasteiger partial charge >= 0.3 is 5.97 Å². The first-order valence-corrected chi connectivity index (χ1v) is 3.31. The lowest BCUT2D eigenvalue weighted by Crippen LogP contribution is -1.98. The lowest BCUT2D eigenvalue weighted by Gasteiger charge is -2.00. The molecular weight excluding hydrogens is 187 g/mol. The molecule has 0 amide bonds. The van der Waals surface area contributed by atoms with E-state index in [1.165, 1.54) is 0 Å². The smallest absolute Gasteiger partial charge is 0.337 e. The van der Waals surface area contributed by atoms with Gasteiger partial charge in [-0.25, -0.2) is 9.18 Å². The number of aromatic carboxylic acids is 1. The van der Waals surface area contributed by atoms with Gasteiger partial charge in [0.25, 0.3) is 0 Å². The van der Waals surface area contributed by atoms with Gasteiger partial charge in [0.1, 0.15) is 11.6 Å². The topological polar surface area (TPSA) is 57.5 Å². The van der Waals surface area contributed by atoms with Crippen molar-refractivity contribution < 1.29 is 19.4 Å². The average Bonchev–Trinajstić information content (AvgIpc) is 1.96. The summed E-state index contributed by atoms with van der Waals surface area (Å²) in [7, 11) is 0. The normalized spacial score (nSPS) is 9.83. The van der Waals surface area contributed by atoms with Crippen LogP contribution in [0.25, 0.3) is 0 Å². The highest BCUT2D eigenvalue weighted by atomic mass is 35.5. The third-order valence-corrected chi connectivity index (χ3v) is 1.65. The van der Waals surface area contributed by atoms with E-state index < -0.39 is 23.1 Å². The van der Waals surface area contributed by atoms with E-state index >= 15 is 0 Å². The van der Waals surface area contributed by atoms with Crippen LogP contribution in [0.15, 0.2) is 12.1 Å². The number of aromatic hydroxyl groups is 1. The molecule has 5 heteroatoms. The minimum atomic E-state index is -1.38. The zero-order valence-corrected chi connectivity index (χ0v) is 6.47. The first-order valence-electron chi connectivity index (χ1n) is 2.93. The maximum Gasteiger partial charge on any atom is 0.337 e. The van der Waals surface area contributed by atoms with Crippen LogP contribution in [0.5, 0.6) is 5.75 Å². The summed E-state index contributed by atoms with van der Waals surface area (Å²) < 4.78 is 12.5. The van der Waals surface area contributed by atoms with E-state index in [1.54, 1.807) is 0 Å². The van der Waals surface area contributed by atoms with Gasteiger partial charge in [0.15, 0.2) is 0 Å². The van der Waals surface area contributed by atoms with E-state index in [2.05, 4.69) is 0 Å². The minimum absolute atomic E-state index is 0.357. The molecule has 0 bridgehead atoms. The minimum Gasteiger partial charge on any atom is -0.506 e. The Kier molecular flexibility index (Phi) is 2.19. The number of carboxylic acid groups (broad SMARTS) is 1. The third-order valence-electron chi connectivity index (χ3n) is 1.25. The van der Waals surface area contributed by atoms with Gasteiger partial charge in [0.05, 0.1) is 10.6 Å². The Morgan fingerprint density at radius 3 is 2.58 bits per heavy atom. The second kappa shape index (κ2) is 2.98. The summed E-state index contributed by atoms with van der Waals surface area (Å²) in [6.07, 6.45) is 0. The Morgan fingerprint density at radius 1 is 1.50 bits per heavy atom. The Labute approximate surface area is 72.0 Å². The fourth-order valence-corrected chi connectivity index (χ4v) is 0.920. The molecule has 1 rings (SSSR count). The highest BCUT2D eigenvalue weighted by molar-refractivity contribution is 6.34. The average molecular weight is 191 g/mol. The van der Waals surface area contributed by atoms with Gasteiger partial charge in [-0.15, -0.1) is 0 Å². The highest BCUT2D eigenvalue weighted by Gasteiger charge is 2.13. The maximum atomic E-state index is 12.5. The Bertz CT molecular complexity index is 338. The second-order valence-corrected chi connectivity index (χ2v) is 2.47. The van der Waals surface area contributed by atoms with Crippen molar-refractivity contribution in [2.75, 3.05) is 0 Å². The summed E-state index contributed by atoms with van der Waals surface area (Å²) in [5, 5.41) is 17.0. The number of hydrogen-bond donors (Lipinski definition) is 2. The number of hydrogen-bond acceptors (Lipinski definition) is 2. The zero-order valence-electron chi connectivity index (χ0n) is 5.71. The number of rotatable bonds is 1. The largest absolute Gasteiger partial charge is 0.506 e. The standard InChI is InChI=1S/C7H4ClFO3/c8-6-4(7(11)12)1-3(9)2-5(6)10/h1-2,10H,(H,11,12). The quantitative estimate of drug-likeness (QED) is 0.711. The number of phenolic OH excluding ortho intramolecular Hbond substituents is 1. The molecule has 0 aliphatic rings. The summed E-state index contributed by atoms with van der Waals surface area (Å²) in [6, 6.07) is 1.49. The summed E-state index contributed by atoms with van der Waals surface area (Å²) in [4.78, 5) is 10.4. The molecule has 0 heterocycles. The molecule has 3 nitrogen and oxygen atoms in total. The van der Waals surface area contributed by atoms with E-state index in [0.717, 1.165) is 12.1 Å². The third kappa shape index (κ3) is 1.48. The van der Waals surface area contributed by atoms with Crippen molar-refractivity contribution in [3.8, 4) is 5.75 Å². The van der Waals surface area contributed by atoms with Crippen molar-refractivity contribution in [2.45, 2.75) is 0 Å². The van der Waals surface area contributed by atoms with Gasteiger partial charge in [-0.2, -0.15) is 0 Å². The van der Waals surface area contributed by atoms with Crippen LogP contribution in [0.2, 0.25) is 5.02 Å². The zero-order chi connectivity index (χ0) is 9.30. The van der Waals surface area contributed by atoms with E-state index in [4.69, 9.17) is 21.8 Å². The molecule has 64 valence electrons. The van der Waals surface area contributed by atoms with Gasteiger partial charge in [-0.3, -0.25) is 0 Å². The molecule has 0 spiro atoms. The van der Waals surface area contributed by atoms with Gasteiger partial charge in [0.2, 0.25) is 0 Å². The second-order valence-electron chi connectivity index (χ2n) is 2.09. The number of benzene rings is 1. The highest BCUT2D eigenvalue weighted by Crippen LogP contribution is 2.27. The summed E-state index contributed by atoms with van der Waals surface area (Å²) in [5.41, 5.74) is -0.450. The molecule has 0 aliphatic carbocycles. The molecule has 12 heavy (non-hydrogen) atoms. The van der Waals surface area contributed by atoms with Crippen LogP contribution in [0.3, 0.4) is 0 Å². The summed E-state index contributed by atoms with van der Waals surface area (Å²) in [6.45, 7) is 0. The first kappa shape index (κ1) is 8.80. The van der Waals surface area contributed by atoms with Gasteiger partial charge in [-0.05, 0) is 6.07 Å². The fourth-order valence-electron chi connectivity index (χ4n) is 0.730. The van der Waals surface area contributed by atoms with Crippen LogP contribution < -0.4 is 0 Å². The van der Waals surface area contributed by atoms with E-state index in [-0.39, 0.29) is 5.02 Å². The lowest BCUT2D eigenvalue weighted by atomic mass is 10.2. The molecule has 1 aromatic carbocycles. The number of phenols is 1. The molecule has 0 atom stereocenters. The van der Waals surface area contributed by atoms with Crippen molar-refractivity contribution >= 4 is 17.6 Å². The Morgan fingerprint density at radius 2 is 2.08 bits per heavy atom. The molecular formula is C7H4ClFO3. The van der Waals surface area contributed by atoms with Crippen molar-refractivity contribution in [1.82, 2.24) is 0 Å². The predicted octanol–water partition coefficient (Wildman–Crippen LogP) is 1.88. The van der Waals surface area contributed by atoms with Crippen LogP contribution in [-0.4, -0.2) is 16.2 Å². The molecule has 0 aliphatic heterocycles. The van der Waals surface area contributed by atoms with Crippen LogP contribution >= 0.6 is 11.6 Å². The van der Waals surface area contributed by atoms with Crippen LogP contribution in [0.4, 0.5) is 4.39 Å². The molecule has 0 radical (unpaired) electrons. The van der Waals surface area contributed by atoms with Crippen LogP contribution in [0, 0.1) is 5.82 Å². The van der Waals surface area contributed by atoms with E-state index in [9.17, 15) is 9.18 Å². The molecule has 0 unspecified atom stereocenters. The van der Waals surface area contributed by atoms with Crippen molar-refractivity contribution in [3.63, 3.8) is 0 Å². The van der Waals surface area contributed by atoms with Gasteiger partial charge in [0, 0.05) is 6.07 Å².